The van der Waals surface area contributed by atoms with E-state index in [-0.39, 0.29) is 56.7 Å². The molecule has 0 spiro atoms. The van der Waals surface area contributed by atoms with Gasteiger partial charge in [0.25, 0.3) is 5.91 Å². The van der Waals surface area contributed by atoms with E-state index in [0.717, 1.165) is 5.56 Å². The van der Waals surface area contributed by atoms with E-state index in [9.17, 15) is 19.2 Å². The molecule has 0 aliphatic carbocycles. The summed E-state index contributed by atoms with van der Waals surface area (Å²) in [5.74, 6) is 0.488. The lowest BCUT2D eigenvalue weighted by atomic mass is 10.0. The van der Waals surface area contributed by atoms with Gasteiger partial charge in [-0.2, -0.15) is 0 Å². The van der Waals surface area contributed by atoms with Crippen molar-refractivity contribution in [3.8, 4) is 17.2 Å². The van der Waals surface area contributed by atoms with Gasteiger partial charge >= 0.3 is 6.09 Å². The molecule has 12 nitrogen and oxygen atoms in total. The van der Waals surface area contributed by atoms with Gasteiger partial charge < -0.3 is 34.1 Å². The van der Waals surface area contributed by atoms with Gasteiger partial charge in [0, 0.05) is 31.8 Å². The van der Waals surface area contributed by atoms with Gasteiger partial charge in [-0.1, -0.05) is 12.1 Å². The number of likely N-dealkylation sites (N-methyl/N-ethyl adjacent to an activating group) is 1. The number of cyclic esters (lactones) is 1. The number of piperidine rings is 1. The topological polar surface area (TPSA) is 127 Å². The zero-order valence-corrected chi connectivity index (χ0v) is 23.2. The molecule has 0 saturated carbocycles. The summed E-state index contributed by atoms with van der Waals surface area (Å²) in [7, 11) is 1.54. The summed E-state index contributed by atoms with van der Waals surface area (Å²) >= 11 is 0. The minimum absolute atomic E-state index is 0.0855. The number of amides is 4. The van der Waals surface area contributed by atoms with Crippen molar-refractivity contribution in [1.29, 1.82) is 0 Å². The minimum Gasteiger partial charge on any atom is -0.494 e. The normalized spacial score (nSPS) is 21.5. The highest BCUT2D eigenvalue weighted by Crippen LogP contribution is 2.29. The maximum absolute atomic E-state index is 13.3. The molecule has 2 aromatic rings. The zero-order chi connectivity index (χ0) is 28.9. The number of benzene rings is 2. The molecule has 0 radical (unpaired) electrons. The van der Waals surface area contributed by atoms with Crippen LogP contribution in [-0.2, 0) is 25.7 Å². The Labute approximate surface area is 238 Å². The van der Waals surface area contributed by atoms with E-state index < -0.39 is 12.1 Å². The molecule has 5 rings (SSSR count). The summed E-state index contributed by atoms with van der Waals surface area (Å²) in [5, 5.41) is 2.98. The number of hydrogen-bond donors (Lipinski definition) is 1. The molecule has 218 valence electrons. The molecule has 0 aromatic heterocycles. The SMILES string of the molecule is CCOc1cc2cc(c1)C(=O)N(C)CC(=O)N[C@@H]1CN(C(=O)CN3CCOC3=O)CC[C@@H]1OCc1cccc(c1)O2. The molecule has 3 heterocycles. The van der Waals surface area contributed by atoms with Crippen LogP contribution in [0.1, 0.15) is 29.3 Å². The summed E-state index contributed by atoms with van der Waals surface area (Å²) in [5.41, 5.74) is 1.18. The molecule has 3 aliphatic heterocycles. The summed E-state index contributed by atoms with van der Waals surface area (Å²) < 4.78 is 22.9. The van der Waals surface area contributed by atoms with Crippen molar-refractivity contribution < 1.29 is 38.1 Å². The molecule has 12 heteroatoms. The smallest absolute Gasteiger partial charge is 0.410 e. The number of fused-ring (bicyclic) bond motifs is 5. The minimum atomic E-state index is -0.519. The molecule has 4 bridgehead atoms. The second-order valence-corrected chi connectivity index (χ2v) is 10.2. The number of nitrogens with one attached hydrogen (secondary N) is 1. The van der Waals surface area contributed by atoms with Gasteiger partial charge in [-0.05, 0) is 43.2 Å². The highest BCUT2D eigenvalue weighted by atomic mass is 16.6. The third-order valence-corrected chi connectivity index (χ3v) is 7.18. The standard InChI is InChI=1S/C29H34N4O8/c1-3-38-22-12-20-13-23(14-22)41-21-6-4-5-19(11-21)18-40-25-7-8-32(27(35)17-33-9-10-39-29(33)37)15-24(25)30-26(34)16-31(2)28(20)36/h4-6,11-14,24-25H,3,7-10,15-18H2,1-2H3,(H,30,34)/t24-,25+/m1/s1. The fourth-order valence-electron chi connectivity index (χ4n) is 5.13. The second-order valence-electron chi connectivity index (χ2n) is 10.2. The van der Waals surface area contributed by atoms with Crippen LogP contribution in [-0.4, -0.2) is 104 Å². The van der Waals surface area contributed by atoms with Gasteiger partial charge in [0.15, 0.2) is 0 Å². The third kappa shape index (κ3) is 6.88. The Hall–Kier alpha value is -4.32. The predicted octanol–water partition coefficient (Wildman–Crippen LogP) is 2.02. The molecule has 2 saturated heterocycles. The van der Waals surface area contributed by atoms with Crippen molar-refractivity contribution in [2.45, 2.75) is 32.1 Å². The number of hydrogen-bond acceptors (Lipinski definition) is 8. The monoisotopic (exact) mass is 566 g/mol. The van der Waals surface area contributed by atoms with Crippen molar-refractivity contribution in [1.82, 2.24) is 20.0 Å². The summed E-state index contributed by atoms with van der Waals surface area (Å²) in [6, 6.07) is 11.9. The van der Waals surface area contributed by atoms with Crippen LogP contribution in [0, 0.1) is 0 Å². The Morgan fingerprint density at radius 2 is 1.95 bits per heavy atom. The maximum Gasteiger partial charge on any atom is 0.410 e. The number of carbonyl (C=O) groups is 4. The average molecular weight is 567 g/mol. The van der Waals surface area contributed by atoms with Gasteiger partial charge in [-0.25, -0.2) is 4.79 Å². The summed E-state index contributed by atoms with van der Waals surface area (Å²) in [6.45, 7) is 3.48. The Morgan fingerprint density at radius 3 is 2.73 bits per heavy atom. The van der Waals surface area contributed by atoms with E-state index in [4.69, 9.17) is 18.9 Å². The predicted molar refractivity (Wildman–Crippen MR) is 146 cm³/mol. The van der Waals surface area contributed by atoms with Crippen molar-refractivity contribution in [2.24, 2.45) is 0 Å². The highest BCUT2D eigenvalue weighted by molar-refractivity contribution is 5.97. The Balaban J connectivity index is 1.38. The second kappa shape index (κ2) is 12.5. The molecule has 2 atom stereocenters. The lowest BCUT2D eigenvalue weighted by Gasteiger charge is -2.39. The number of carbonyl (C=O) groups excluding carboxylic acids is 4. The van der Waals surface area contributed by atoms with Crippen LogP contribution in [0.3, 0.4) is 0 Å². The largest absolute Gasteiger partial charge is 0.494 e. The van der Waals surface area contributed by atoms with Crippen LogP contribution in [0.4, 0.5) is 4.79 Å². The lowest BCUT2D eigenvalue weighted by Crippen LogP contribution is -2.59. The van der Waals surface area contributed by atoms with Gasteiger partial charge in [0.2, 0.25) is 11.8 Å². The molecular formula is C29H34N4O8. The first-order valence-corrected chi connectivity index (χ1v) is 13.7. The molecule has 41 heavy (non-hydrogen) atoms. The van der Waals surface area contributed by atoms with Crippen LogP contribution >= 0.6 is 0 Å². The fraction of sp³-hybridized carbons (Fsp3) is 0.448. The fourth-order valence-corrected chi connectivity index (χ4v) is 5.13. The zero-order valence-electron chi connectivity index (χ0n) is 23.2. The van der Waals surface area contributed by atoms with Crippen molar-refractivity contribution in [2.75, 3.05) is 53.0 Å². The van der Waals surface area contributed by atoms with Crippen LogP contribution < -0.4 is 14.8 Å². The Kier molecular flexibility index (Phi) is 8.58. The van der Waals surface area contributed by atoms with Gasteiger partial charge in [0.1, 0.15) is 30.4 Å². The van der Waals surface area contributed by atoms with E-state index in [1.54, 1.807) is 30.1 Å². The number of likely N-dealkylation sites (tertiary alicyclic amines) is 1. The molecule has 2 fully saturated rings. The van der Waals surface area contributed by atoms with Gasteiger partial charge in [-0.15, -0.1) is 0 Å². The number of ether oxygens (including phenoxy) is 4. The van der Waals surface area contributed by atoms with Crippen LogP contribution in [0.15, 0.2) is 42.5 Å². The van der Waals surface area contributed by atoms with Crippen LogP contribution in [0.25, 0.3) is 0 Å². The number of rotatable bonds is 4. The van der Waals surface area contributed by atoms with Gasteiger partial charge in [-0.3, -0.25) is 19.3 Å². The summed E-state index contributed by atoms with van der Waals surface area (Å²) in [6.07, 6.45) is -0.399. The summed E-state index contributed by atoms with van der Waals surface area (Å²) in [4.78, 5) is 55.6. The molecule has 1 N–H and O–H groups in total. The Bertz CT molecular complexity index is 1320. The maximum atomic E-state index is 13.3. The molecule has 0 unspecified atom stereocenters. The molecular weight excluding hydrogens is 532 g/mol. The molecule has 4 amide bonds. The first kappa shape index (κ1) is 28.2. The average Bonchev–Trinajstić information content (AvgIpc) is 3.35. The molecule has 3 aliphatic rings. The van der Waals surface area contributed by atoms with Crippen molar-refractivity contribution >= 4 is 23.8 Å². The number of nitrogens with zero attached hydrogens (tertiary/aromatic N) is 3. The van der Waals surface area contributed by atoms with Crippen molar-refractivity contribution in [3.63, 3.8) is 0 Å². The lowest BCUT2D eigenvalue weighted by molar-refractivity contribution is -0.137. The van der Waals surface area contributed by atoms with E-state index in [1.165, 1.54) is 9.80 Å². The highest BCUT2D eigenvalue weighted by Gasteiger charge is 2.35. The van der Waals surface area contributed by atoms with E-state index in [0.29, 0.717) is 48.9 Å². The quantitative estimate of drug-likeness (QED) is 0.596. The first-order valence-electron chi connectivity index (χ1n) is 13.7. The van der Waals surface area contributed by atoms with Crippen molar-refractivity contribution in [3.05, 3.63) is 53.6 Å². The van der Waals surface area contributed by atoms with Gasteiger partial charge in [0.05, 0.1) is 38.4 Å². The van der Waals surface area contributed by atoms with E-state index >= 15 is 0 Å². The van der Waals surface area contributed by atoms with Crippen LogP contribution in [0.2, 0.25) is 0 Å². The first-order chi connectivity index (χ1) is 19.8. The Morgan fingerprint density at radius 1 is 1.10 bits per heavy atom. The van der Waals surface area contributed by atoms with E-state index in [2.05, 4.69) is 5.32 Å². The molecule has 2 aromatic carbocycles. The van der Waals surface area contributed by atoms with Crippen LogP contribution in [0.5, 0.6) is 17.2 Å². The third-order valence-electron chi connectivity index (χ3n) is 7.18. The van der Waals surface area contributed by atoms with E-state index in [1.807, 2.05) is 31.2 Å².